The van der Waals surface area contributed by atoms with Crippen LogP contribution in [0.2, 0.25) is 0 Å². The molecule has 3 rings (SSSR count). The lowest BCUT2D eigenvalue weighted by molar-refractivity contribution is 0.0934. The lowest BCUT2D eigenvalue weighted by atomic mass is 9.74. The van der Waals surface area contributed by atoms with Gasteiger partial charge in [-0.25, -0.2) is 0 Å². The number of allylic oxidation sites excluding steroid dienone is 2. The number of alkyl halides is 1. The molecule has 1 aromatic heterocycles. The average Bonchev–Trinajstić information content (AvgIpc) is 3.24. The third-order valence-electron chi connectivity index (χ3n) is 5.19. The minimum absolute atomic E-state index is 0.218. The van der Waals surface area contributed by atoms with Crippen LogP contribution in [0.15, 0.2) is 58.2 Å². The van der Waals surface area contributed by atoms with Crippen LogP contribution < -0.4 is 10.1 Å². The average molecular weight is 428 g/mol. The summed E-state index contributed by atoms with van der Waals surface area (Å²) in [4.78, 5) is 4.24. The zero-order chi connectivity index (χ0) is 21.6. The maximum Gasteiger partial charge on any atom is 0.294 e. The Morgan fingerprint density at radius 3 is 2.73 bits per heavy atom. The number of hydrogen-bond acceptors (Lipinski definition) is 6. The fraction of sp³-hybridized carbons (Fsp3) is 0.391. The van der Waals surface area contributed by atoms with Crippen LogP contribution in [0.4, 0.5) is 6.01 Å². The number of hydrogen-bond donors (Lipinski definition) is 1. The second-order valence-electron chi connectivity index (χ2n) is 7.49. The minimum Gasteiger partial charge on any atom is -0.487 e. The molecular weight excluding hydrogens is 402 g/mol. The van der Waals surface area contributed by atoms with Gasteiger partial charge in [-0.15, -0.1) is 11.6 Å². The summed E-state index contributed by atoms with van der Waals surface area (Å²) in [6.07, 6.45) is 6.11. The predicted molar refractivity (Wildman–Crippen MR) is 117 cm³/mol. The molecule has 1 atom stereocenters. The van der Waals surface area contributed by atoms with Crippen molar-refractivity contribution in [3.63, 3.8) is 0 Å². The van der Waals surface area contributed by atoms with Gasteiger partial charge >= 0.3 is 0 Å². The number of ether oxygens (including phenoxy) is 2. The quantitative estimate of drug-likeness (QED) is 0.568. The monoisotopic (exact) mass is 427 g/mol. The van der Waals surface area contributed by atoms with Gasteiger partial charge in [0, 0.05) is 18.3 Å². The van der Waals surface area contributed by atoms with Crippen LogP contribution in [-0.2, 0) is 16.8 Å². The highest BCUT2D eigenvalue weighted by molar-refractivity contribution is 6.17. The number of benzene rings is 1. The van der Waals surface area contributed by atoms with E-state index in [9.17, 15) is 5.26 Å². The molecule has 30 heavy (non-hydrogen) atoms. The van der Waals surface area contributed by atoms with Crippen LogP contribution in [0.3, 0.4) is 0 Å². The van der Waals surface area contributed by atoms with Crippen LogP contribution in [0, 0.1) is 11.3 Å². The normalized spacial score (nSPS) is 16.4. The van der Waals surface area contributed by atoms with Gasteiger partial charge in [0.2, 0.25) is 0 Å². The Morgan fingerprint density at radius 2 is 2.10 bits per heavy atom. The second kappa shape index (κ2) is 9.84. The number of aromatic nitrogens is 1. The van der Waals surface area contributed by atoms with Crippen molar-refractivity contribution in [1.29, 1.82) is 5.26 Å². The molecule has 6 nitrogen and oxygen atoms in total. The molecular formula is C23H26ClN3O3. The molecule has 7 heteroatoms. The summed E-state index contributed by atoms with van der Waals surface area (Å²) >= 11 is 5.71. The van der Waals surface area contributed by atoms with Crippen molar-refractivity contribution in [2.24, 2.45) is 0 Å². The van der Waals surface area contributed by atoms with Crippen LogP contribution in [0.5, 0.6) is 5.75 Å². The van der Waals surface area contributed by atoms with Gasteiger partial charge in [0.25, 0.3) is 6.01 Å². The molecule has 0 bridgehead atoms. The van der Waals surface area contributed by atoms with E-state index in [0.717, 1.165) is 22.6 Å². The van der Waals surface area contributed by atoms with E-state index < -0.39 is 0 Å². The Hall–Kier alpha value is -2.75. The molecule has 1 heterocycles. The van der Waals surface area contributed by atoms with E-state index in [1.807, 2.05) is 30.3 Å². The molecule has 1 aliphatic rings. The highest BCUT2D eigenvalue weighted by Gasteiger charge is 2.29. The van der Waals surface area contributed by atoms with Crippen molar-refractivity contribution >= 4 is 17.6 Å². The number of nitriles is 1. The first-order valence-corrected chi connectivity index (χ1v) is 10.4. The minimum atomic E-state index is -0.258. The predicted octanol–water partition coefficient (Wildman–Crippen LogP) is 4.98. The van der Waals surface area contributed by atoms with Crippen molar-refractivity contribution in [1.82, 2.24) is 4.98 Å². The Morgan fingerprint density at radius 1 is 1.33 bits per heavy atom. The zero-order valence-electron chi connectivity index (χ0n) is 17.4. The molecule has 1 N–H and O–H groups in total. The van der Waals surface area contributed by atoms with E-state index in [4.69, 9.17) is 25.5 Å². The SMILES string of the molecule is CNc1nc(COc2ccc(C(C)(C)C3=CCC(OCCCl)C(C#N)=C3)cc2)co1. The molecule has 0 spiro atoms. The van der Waals surface area contributed by atoms with E-state index in [2.05, 4.69) is 36.3 Å². The first kappa shape index (κ1) is 21.9. The summed E-state index contributed by atoms with van der Waals surface area (Å²) in [6.45, 7) is 5.06. The lowest BCUT2D eigenvalue weighted by Crippen LogP contribution is -2.25. The fourth-order valence-corrected chi connectivity index (χ4v) is 3.43. The molecule has 0 saturated heterocycles. The van der Waals surface area contributed by atoms with Crippen molar-refractivity contribution in [3.05, 3.63) is 65.1 Å². The Balaban J connectivity index is 1.68. The number of anilines is 1. The molecule has 0 amide bonds. The largest absolute Gasteiger partial charge is 0.487 e. The summed E-state index contributed by atoms with van der Waals surface area (Å²) in [7, 11) is 1.75. The van der Waals surface area contributed by atoms with Gasteiger partial charge in [0.15, 0.2) is 0 Å². The molecule has 1 aromatic carbocycles. The summed E-state index contributed by atoms with van der Waals surface area (Å²) in [5.74, 6) is 1.17. The summed E-state index contributed by atoms with van der Waals surface area (Å²) in [5.41, 5.74) is 3.33. The van der Waals surface area contributed by atoms with Gasteiger partial charge in [-0.2, -0.15) is 10.2 Å². The van der Waals surface area contributed by atoms with Crippen molar-refractivity contribution in [2.75, 3.05) is 24.9 Å². The summed E-state index contributed by atoms with van der Waals surface area (Å²) in [5, 5.41) is 12.4. The van der Waals surface area contributed by atoms with Crippen molar-refractivity contribution < 1.29 is 13.9 Å². The Labute approximate surface area is 182 Å². The van der Waals surface area contributed by atoms with Gasteiger partial charge in [-0.1, -0.05) is 32.1 Å². The topological polar surface area (TPSA) is 80.3 Å². The number of oxazole rings is 1. The maximum absolute atomic E-state index is 9.53. The van der Waals surface area contributed by atoms with Gasteiger partial charge in [-0.3, -0.25) is 0 Å². The molecule has 0 radical (unpaired) electrons. The highest BCUT2D eigenvalue weighted by atomic mass is 35.5. The molecule has 158 valence electrons. The van der Waals surface area contributed by atoms with Crippen molar-refractivity contribution in [3.8, 4) is 11.8 Å². The fourth-order valence-electron chi connectivity index (χ4n) is 3.34. The van der Waals surface area contributed by atoms with E-state index in [0.29, 0.717) is 37.1 Å². The highest BCUT2D eigenvalue weighted by Crippen LogP contribution is 2.37. The Kier molecular flexibility index (Phi) is 7.20. The summed E-state index contributed by atoms with van der Waals surface area (Å²) in [6, 6.07) is 10.7. The first-order chi connectivity index (χ1) is 14.5. The lowest BCUT2D eigenvalue weighted by Gasteiger charge is -2.31. The van der Waals surface area contributed by atoms with Gasteiger partial charge in [0.05, 0.1) is 24.4 Å². The van der Waals surface area contributed by atoms with Gasteiger partial charge < -0.3 is 19.2 Å². The van der Waals surface area contributed by atoms with Gasteiger partial charge in [-0.05, 0) is 35.8 Å². The maximum atomic E-state index is 9.53. The van der Waals surface area contributed by atoms with E-state index >= 15 is 0 Å². The number of rotatable bonds is 9. The third-order valence-corrected chi connectivity index (χ3v) is 5.34. The molecule has 0 fully saturated rings. The van der Waals surface area contributed by atoms with Crippen LogP contribution >= 0.6 is 11.6 Å². The number of nitrogens with one attached hydrogen (secondary N) is 1. The molecule has 1 unspecified atom stereocenters. The molecule has 2 aromatic rings. The third kappa shape index (κ3) is 5.05. The molecule has 0 aliphatic heterocycles. The van der Waals surface area contributed by atoms with Crippen molar-refractivity contribution in [2.45, 2.75) is 38.4 Å². The second-order valence-corrected chi connectivity index (χ2v) is 7.87. The van der Waals surface area contributed by atoms with E-state index in [1.165, 1.54) is 0 Å². The first-order valence-electron chi connectivity index (χ1n) is 9.83. The standard InChI is InChI=1S/C23H26ClN3O3/c1-23(2,18-6-9-21(28-11-10-24)16(12-18)13-25)17-4-7-20(8-5-17)29-14-19-15-30-22(26-3)27-19/h4-8,12,15,21H,9-11,14H2,1-3H3,(H,26,27). The summed E-state index contributed by atoms with van der Waals surface area (Å²) < 4.78 is 16.7. The smallest absolute Gasteiger partial charge is 0.294 e. The van der Waals surface area contributed by atoms with E-state index in [-0.39, 0.29) is 11.5 Å². The number of nitrogens with zero attached hydrogens (tertiary/aromatic N) is 2. The number of halogens is 1. The molecule has 1 aliphatic carbocycles. The van der Waals surface area contributed by atoms with Crippen LogP contribution in [0.25, 0.3) is 0 Å². The van der Waals surface area contributed by atoms with E-state index in [1.54, 1.807) is 13.3 Å². The zero-order valence-corrected chi connectivity index (χ0v) is 18.2. The van der Waals surface area contributed by atoms with Crippen LogP contribution in [-0.4, -0.2) is 30.6 Å². The van der Waals surface area contributed by atoms with Gasteiger partial charge in [0.1, 0.15) is 24.3 Å². The molecule has 0 saturated carbocycles. The van der Waals surface area contributed by atoms with Crippen LogP contribution in [0.1, 0.15) is 31.5 Å². The Bertz CT molecular complexity index is 955.